The minimum absolute atomic E-state index is 0.317. The van der Waals surface area contributed by atoms with Crippen LogP contribution in [0.5, 0.6) is 0 Å². The fourth-order valence-corrected chi connectivity index (χ4v) is 1.98. The SMILES string of the molecule is CCCc1nn(C)c(NCCCCOC(C)C)c1N. The first-order valence-electron chi connectivity index (χ1n) is 7.23. The van der Waals surface area contributed by atoms with Crippen LogP contribution in [0.4, 0.5) is 11.5 Å². The molecule has 0 amide bonds. The van der Waals surface area contributed by atoms with E-state index in [-0.39, 0.29) is 0 Å². The number of hydrogen-bond acceptors (Lipinski definition) is 4. The third kappa shape index (κ3) is 5.11. The van der Waals surface area contributed by atoms with Crippen LogP contribution in [0, 0.1) is 0 Å². The van der Waals surface area contributed by atoms with E-state index in [1.807, 2.05) is 11.7 Å². The van der Waals surface area contributed by atoms with Gasteiger partial charge in [-0.2, -0.15) is 5.10 Å². The van der Waals surface area contributed by atoms with Crippen LogP contribution in [-0.2, 0) is 18.2 Å². The highest BCUT2D eigenvalue weighted by molar-refractivity contribution is 5.64. The molecule has 0 bridgehead atoms. The summed E-state index contributed by atoms with van der Waals surface area (Å²) in [5.41, 5.74) is 7.89. The van der Waals surface area contributed by atoms with Crippen LogP contribution in [0.1, 0.15) is 45.7 Å². The number of nitrogen functional groups attached to an aromatic ring is 1. The van der Waals surface area contributed by atoms with E-state index in [4.69, 9.17) is 10.5 Å². The highest BCUT2D eigenvalue weighted by Crippen LogP contribution is 2.22. The average Bonchev–Trinajstić information content (AvgIpc) is 2.60. The summed E-state index contributed by atoms with van der Waals surface area (Å²) in [5.74, 6) is 0.938. The van der Waals surface area contributed by atoms with Crippen molar-refractivity contribution in [3.63, 3.8) is 0 Å². The molecule has 19 heavy (non-hydrogen) atoms. The molecule has 0 aliphatic heterocycles. The number of unbranched alkanes of at least 4 members (excludes halogenated alkanes) is 1. The van der Waals surface area contributed by atoms with Crippen molar-refractivity contribution in [1.82, 2.24) is 9.78 Å². The predicted molar refractivity (Wildman–Crippen MR) is 80.4 cm³/mol. The summed E-state index contributed by atoms with van der Waals surface area (Å²) in [7, 11) is 1.93. The van der Waals surface area contributed by atoms with Crippen molar-refractivity contribution >= 4 is 11.5 Å². The first-order chi connectivity index (χ1) is 9.06. The smallest absolute Gasteiger partial charge is 0.147 e. The number of rotatable bonds is 9. The van der Waals surface area contributed by atoms with Crippen LogP contribution in [0.25, 0.3) is 0 Å². The molecule has 0 fully saturated rings. The Kier molecular flexibility index (Phi) is 6.70. The van der Waals surface area contributed by atoms with Crippen molar-refractivity contribution in [3.05, 3.63) is 5.69 Å². The van der Waals surface area contributed by atoms with Gasteiger partial charge in [-0.15, -0.1) is 0 Å². The van der Waals surface area contributed by atoms with Gasteiger partial charge >= 0.3 is 0 Å². The Balaban J connectivity index is 2.33. The molecule has 0 saturated heterocycles. The van der Waals surface area contributed by atoms with E-state index < -0.39 is 0 Å². The second-order valence-corrected chi connectivity index (χ2v) is 5.14. The molecule has 0 radical (unpaired) electrons. The van der Waals surface area contributed by atoms with Gasteiger partial charge in [-0.3, -0.25) is 4.68 Å². The van der Waals surface area contributed by atoms with Crippen molar-refractivity contribution in [2.75, 3.05) is 24.2 Å². The molecule has 0 saturated carbocycles. The molecule has 1 rings (SSSR count). The van der Waals surface area contributed by atoms with Crippen molar-refractivity contribution in [1.29, 1.82) is 0 Å². The number of aryl methyl sites for hydroxylation is 2. The minimum Gasteiger partial charge on any atom is -0.394 e. The molecule has 0 aliphatic rings. The highest BCUT2D eigenvalue weighted by Gasteiger charge is 2.11. The van der Waals surface area contributed by atoms with Gasteiger partial charge in [0.15, 0.2) is 0 Å². The zero-order valence-corrected chi connectivity index (χ0v) is 12.7. The number of nitrogens with zero attached hydrogens (tertiary/aromatic N) is 2. The molecule has 1 heterocycles. The van der Waals surface area contributed by atoms with Gasteiger partial charge in [0.1, 0.15) is 5.82 Å². The Morgan fingerprint density at radius 1 is 1.37 bits per heavy atom. The van der Waals surface area contributed by atoms with Gasteiger partial charge in [-0.05, 0) is 33.1 Å². The van der Waals surface area contributed by atoms with E-state index in [0.29, 0.717) is 6.10 Å². The molecule has 5 nitrogen and oxygen atoms in total. The van der Waals surface area contributed by atoms with E-state index in [1.54, 1.807) is 0 Å². The summed E-state index contributed by atoms with van der Waals surface area (Å²) in [6, 6.07) is 0. The Morgan fingerprint density at radius 3 is 2.74 bits per heavy atom. The van der Waals surface area contributed by atoms with Crippen molar-refractivity contribution in [2.45, 2.75) is 52.6 Å². The second-order valence-electron chi connectivity index (χ2n) is 5.14. The summed E-state index contributed by atoms with van der Waals surface area (Å²) in [4.78, 5) is 0. The topological polar surface area (TPSA) is 65.1 Å². The predicted octanol–water partition coefficient (Wildman–Crippen LogP) is 2.57. The van der Waals surface area contributed by atoms with Crippen LogP contribution in [0.3, 0.4) is 0 Å². The van der Waals surface area contributed by atoms with Gasteiger partial charge in [-0.1, -0.05) is 13.3 Å². The summed E-state index contributed by atoms with van der Waals surface area (Å²) < 4.78 is 7.35. The molecule has 0 aromatic carbocycles. The Bertz CT molecular complexity index is 374. The number of aromatic nitrogens is 2. The first kappa shape index (κ1) is 15.8. The maximum atomic E-state index is 6.10. The van der Waals surface area contributed by atoms with E-state index >= 15 is 0 Å². The lowest BCUT2D eigenvalue weighted by atomic mass is 10.2. The Labute approximate surface area is 116 Å². The summed E-state index contributed by atoms with van der Waals surface area (Å²) >= 11 is 0. The molecule has 3 N–H and O–H groups in total. The maximum Gasteiger partial charge on any atom is 0.147 e. The van der Waals surface area contributed by atoms with Gasteiger partial charge in [0, 0.05) is 20.2 Å². The van der Waals surface area contributed by atoms with E-state index in [9.17, 15) is 0 Å². The molecule has 1 aromatic heterocycles. The van der Waals surface area contributed by atoms with Crippen LogP contribution in [0.2, 0.25) is 0 Å². The quantitative estimate of drug-likeness (QED) is 0.676. The number of hydrogen-bond donors (Lipinski definition) is 2. The van der Waals surface area contributed by atoms with Gasteiger partial charge in [0.25, 0.3) is 0 Å². The first-order valence-corrected chi connectivity index (χ1v) is 7.23. The Morgan fingerprint density at radius 2 is 2.11 bits per heavy atom. The van der Waals surface area contributed by atoms with E-state index in [2.05, 4.69) is 31.2 Å². The highest BCUT2D eigenvalue weighted by atomic mass is 16.5. The number of anilines is 2. The van der Waals surface area contributed by atoms with Gasteiger partial charge in [-0.25, -0.2) is 0 Å². The zero-order chi connectivity index (χ0) is 14.3. The second kappa shape index (κ2) is 8.04. The summed E-state index contributed by atoms with van der Waals surface area (Å²) in [6.45, 7) is 7.97. The van der Waals surface area contributed by atoms with E-state index in [1.165, 1.54) is 0 Å². The largest absolute Gasteiger partial charge is 0.394 e. The van der Waals surface area contributed by atoms with Gasteiger partial charge < -0.3 is 15.8 Å². The van der Waals surface area contributed by atoms with Crippen molar-refractivity contribution in [2.24, 2.45) is 7.05 Å². The molecule has 1 aromatic rings. The number of nitrogens with two attached hydrogens (primary N) is 1. The minimum atomic E-state index is 0.317. The van der Waals surface area contributed by atoms with Crippen molar-refractivity contribution in [3.8, 4) is 0 Å². The lowest BCUT2D eigenvalue weighted by Crippen LogP contribution is -2.10. The third-order valence-electron chi connectivity index (χ3n) is 2.96. The summed E-state index contributed by atoms with van der Waals surface area (Å²) in [5, 5.41) is 7.81. The normalized spacial score (nSPS) is 11.2. The van der Waals surface area contributed by atoms with Crippen LogP contribution in [-0.4, -0.2) is 29.0 Å². The molecular weight excluding hydrogens is 240 g/mol. The number of ether oxygens (including phenoxy) is 1. The number of nitrogens with one attached hydrogen (secondary N) is 1. The molecule has 0 atom stereocenters. The molecule has 0 unspecified atom stereocenters. The van der Waals surface area contributed by atoms with Crippen LogP contribution in [0.15, 0.2) is 0 Å². The van der Waals surface area contributed by atoms with Crippen LogP contribution >= 0.6 is 0 Å². The average molecular weight is 268 g/mol. The molecular formula is C14H28N4O. The lowest BCUT2D eigenvalue weighted by molar-refractivity contribution is 0.0765. The fourth-order valence-electron chi connectivity index (χ4n) is 1.98. The monoisotopic (exact) mass is 268 g/mol. The molecule has 110 valence electrons. The van der Waals surface area contributed by atoms with Crippen LogP contribution < -0.4 is 11.1 Å². The molecule has 0 aliphatic carbocycles. The third-order valence-corrected chi connectivity index (χ3v) is 2.96. The van der Waals surface area contributed by atoms with Gasteiger partial charge in [0.05, 0.1) is 17.5 Å². The summed E-state index contributed by atoms with van der Waals surface area (Å²) in [6.07, 6.45) is 4.44. The van der Waals surface area contributed by atoms with E-state index in [0.717, 1.165) is 56.0 Å². The molecule has 5 heteroatoms. The zero-order valence-electron chi connectivity index (χ0n) is 12.7. The molecule has 0 spiro atoms. The van der Waals surface area contributed by atoms with Gasteiger partial charge in [0.2, 0.25) is 0 Å². The van der Waals surface area contributed by atoms with Crippen molar-refractivity contribution < 1.29 is 4.74 Å². The fraction of sp³-hybridized carbons (Fsp3) is 0.786. The Hall–Kier alpha value is -1.23. The maximum absolute atomic E-state index is 6.10. The lowest BCUT2D eigenvalue weighted by Gasteiger charge is -2.09. The standard InChI is InChI=1S/C14H28N4O/c1-5-8-12-13(15)14(18(4)17-12)16-9-6-7-10-19-11(2)3/h11,16H,5-10,15H2,1-4H3.